The smallest absolute Gasteiger partial charge is 0.475 e. The van der Waals surface area contributed by atoms with Crippen molar-refractivity contribution in [3.63, 3.8) is 0 Å². The van der Waals surface area contributed by atoms with Crippen LogP contribution in [-0.2, 0) is 9.53 Å². The molecule has 0 bridgehead atoms. The molecule has 2 saturated heterocycles. The average molecular weight is 376 g/mol. The van der Waals surface area contributed by atoms with Crippen LogP contribution in [0.3, 0.4) is 0 Å². The molecule has 1 aromatic heterocycles. The van der Waals surface area contributed by atoms with E-state index in [2.05, 4.69) is 26.7 Å². The molecule has 2 fully saturated rings. The second-order valence-electron chi connectivity index (χ2n) is 6.21. The van der Waals surface area contributed by atoms with Gasteiger partial charge in [0.25, 0.3) is 0 Å². The second-order valence-corrected chi connectivity index (χ2v) is 6.21. The maximum Gasteiger partial charge on any atom is 0.490 e. The standard InChI is InChI=1S/C14H22N4O.C2HF3O2/c1-2-18-9-10-19-12-14(18)3-7-17(8-4-14)13-11-15-5-6-16-13;3-2(4,5)1(6)7/h5-6,11H,2-4,7-10,12H2,1H3;(H,6,7). The topological polar surface area (TPSA) is 78.8 Å². The number of anilines is 1. The number of carboxylic acids is 1. The van der Waals surface area contributed by atoms with E-state index in [9.17, 15) is 13.2 Å². The summed E-state index contributed by atoms with van der Waals surface area (Å²) in [7, 11) is 0. The Morgan fingerprint density at radius 1 is 1.31 bits per heavy atom. The molecule has 0 saturated carbocycles. The summed E-state index contributed by atoms with van der Waals surface area (Å²) in [6.45, 7) is 8.29. The van der Waals surface area contributed by atoms with E-state index in [0.717, 1.165) is 58.1 Å². The third-order valence-electron chi connectivity index (χ3n) is 4.74. The molecule has 146 valence electrons. The van der Waals surface area contributed by atoms with Gasteiger partial charge in [0.1, 0.15) is 5.82 Å². The van der Waals surface area contributed by atoms with Gasteiger partial charge in [-0.2, -0.15) is 13.2 Å². The number of ether oxygens (including phenoxy) is 1. The zero-order valence-corrected chi connectivity index (χ0v) is 14.6. The predicted molar refractivity (Wildman–Crippen MR) is 88.0 cm³/mol. The third kappa shape index (κ3) is 5.04. The largest absolute Gasteiger partial charge is 0.490 e. The number of carboxylic acid groups (broad SMARTS) is 1. The summed E-state index contributed by atoms with van der Waals surface area (Å²) in [5, 5.41) is 7.12. The van der Waals surface area contributed by atoms with Gasteiger partial charge >= 0.3 is 12.1 Å². The highest BCUT2D eigenvalue weighted by molar-refractivity contribution is 5.73. The second kappa shape index (κ2) is 8.63. The van der Waals surface area contributed by atoms with Crippen molar-refractivity contribution < 1.29 is 27.8 Å². The molecule has 2 aliphatic rings. The molecule has 1 aromatic rings. The number of halogens is 3. The fraction of sp³-hybridized carbons (Fsp3) is 0.688. The zero-order chi connectivity index (χ0) is 19.2. The number of likely N-dealkylation sites (N-methyl/N-ethyl adjacent to an activating group) is 1. The predicted octanol–water partition coefficient (Wildman–Crippen LogP) is 1.80. The molecule has 3 rings (SSSR count). The summed E-state index contributed by atoms with van der Waals surface area (Å²) in [6, 6.07) is 0. The molecule has 10 heteroatoms. The van der Waals surface area contributed by atoms with Crippen LogP contribution in [0.4, 0.5) is 19.0 Å². The molecular weight excluding hydrogens is 353 g/mol. The number of piperidine rings is 1. The molecule has 7 nitrogen and oxygen atoms in total. The normalized spacial score (nSPS) is 20.4. The lowest BCUT2D eigenvalue weighted by molar-refractivity contribution is -0.192. The van der Waals surface area contributed by atoms with Crippen LogP contribution in [0, 0.1) is 0 Å². The van der Waals surface area contributed by atoms with Crippen LogP contribution in [0.25, 0.3) is 0 Å². The van der Waals surface area contributed by atoms with E-state index in [-0.39, 0.29) is 5.54 Å². The first-order chi connectivity index (χ1) is 12.3. The summed E-state index contributed by atoms with van der Waals surface area (Å²) >= 11 is 0. The number of hydrogen-bond acceptors (Lipinski definition) is 6. The lowest BCUT2D eigenvalue weighted by atomic mass is 9.85. The number of nitrogens with zero attached hydrogens (tertiary/aromatic N) is 4. The number of aliphatic carboxylic acids is 1. The maximum atomic E-state index is 10.6. The van der Waals surface area contributed by atoms with Crippen LogP contribution < -0.4 is 4.90 Å². The van der Waals surface area contributed by atoms with Gasteiger partial charge < -0.3 is 14.7 Å². The zero-order valence-electron chi connectivity index (χ0n) is 14.6. The minimum atomic E-state index is -5.08. The van der Waals surface area contributed by atoms with E-state index in [1.807, 2.05) is 6.20 Å². The van der Waals surface area contributed by atoms with Gasteiger partial charge in [-0.25, -0.2) is 9.78 Å². The first-order valence-corrected chi connectivity index (χ1v) is 8.42. The third-order valence-corrected chi connectivity index (χ3v) is 4.74. The van der Waals surface area contributed by atoms with Crippen molar-refractivity contribution in [3.05, 3.63) is 18.6 Å². The summed E-state index contributed by atoms with van der Waals surface area (Å²) < 4.78 is 37.5. The molecular formula is C16H23F3N4O3. The SMILES string of the molecule is CCN1CCOCC12CCN(c1cnccn1)CC2.O=C(O)C(F)(F)F. The lowest BCUT2D eigenvalue weighted by Gasteiger charge is -2.51. The first kappa shape index (κ1) is 20.4. The Labute approximate surface area is 149 Å². The molecule has 0 aliphatic carbocycles. The van der Waals surface area contributed by atoms with E-state index >= 15 is 0 Å². The molecule has 0 radical (unpaired) electrons. The summed E-state index contributed by atoms with van der Waals surface area (Å²) in [5.41, 5.74) is 0.256. The number of carbonyl (C=O) groups is 1. The quantitative estimate of drug-likeness (QED) is 0.843. The molecule has 0 aromatic carbocycles. The minimum Gasteiger partial charge on any atom is -0.475 e. The van der Waals surface area contributed by atoms with Crippen molar-refractivity contribution in [2.75, 3.05) is 44.3 Å². The van der Waals surface area contributed by atoms with Crippen LogP contribution in [0.1, 0.15) is 19.8 Å². The highest BCUT2D eigenvalue weighted by atomic mass is 19.4. The lowest BCUT2D eigenvalue weighted by Crippen LogP contribution is -2.61. The fourth-order valence-corrected chi connectivity index (χ4v) is 3.33. The molecule has 0 amide bonds. The molecule has 26 heavy (non-hydrogen) atoms. The van der Waals surface area contributed by atoms with Gasteiger partial charge in [-0.15, -0.1) is 0 Å². The van der Waals surface area contributed by atoms with E-state index in [4.69, 9.17) is 14.6 Å². The van der Waals surface area contributed by atoms with Crippen LogP contribution in [0.15, 0.2) is 18.6 Å². The number of hydrogen-bond donors (Lipinski definition) is 1. The van der Waals surface area contributed by atoms with Gasteiger partial charge in [-0.05, 0) is 19.4 Å². The van der Waals surface area contributed by atoms with Gasteiger partial charge in [-0.3, -0.25) is 9.88 Å². The van der Waals surface area contributed by atoms with E-state index in [1.54, 1.807) is 12.4 Å². The van der Waals surface area contributed by atoms with E-state index in [1.165, 1.54) is 0 Å². The monoisotopic (exact) mass is 376 g/mol. The van der Waals surface area contributed by atoms with Gasteiger partial charge in [0.2, 0.25) is 0 Å². The molecule has 0 atom stereocenters. The summed E-state index contributed by atoms with van der Waals surface area (Å²) in [6.07, 6.45) is 2.56. The van der Waals surface area contributed by atoms with Gasteiger partial charge in [0, 0.05) is 37.6 Å². The number of morpholine rings is 1. The molecule has 2 aliphatic heterocycles. The Bertz CT molecular complexity index is 578. The number of aromatic nitrogens is 2. The van der Waals surface area contributed by atoms with Gasteiger partial charge in [0.15, 0.2) is 0 Å². The van der Waals surface area contributed by atoms with Gasteiger partial charge in [0.05, 0.1) is 19.4 Å². The van der Waals surface area contributed by atoms with Gasteiger partial charge in [-0.1, -0.05) is 6.92 Å². The van der Waals surface area contributed by atoms with Crippen LogP contribution in [-0.4, -0.2) is 77.1 Å². The van der Waals surface area contributed by atoms with E-state index < -0.39 is 12.1 Å². The number of alkyl halides is 3. The molecule has 3 heterocycles. The van der Waals surface area contributed by atoms with Crippen molar-refractivity contribution in [3.8, 4) is 0 Å². The average Bonchev–Trinajstić information content (AvgIpc) is 2.63. The first-order valence-electron chi connectivity index (χ1n) is 8.42. The summed E-state index contributed by atoms with van der Waals surface area (Å²) in [4.78, 5) is 22.4. The van der Waals surface area contributed by atoms with Crippen LogP contribution in [0.2, 0.25) is 0 Å². The molecule has 0 unspecified atom stereocenters. The maximum absolute atomic E-state index is 10.6. The van der Waals surface area contributed by atoms with E-state index in [0.29, 0.717) is 0 Å². The molecule has 1 N–H and O–H groups in total. The summed E-state index contributed by atoms with van der Waals surface area (Å²) in [5.74, 6) is -1.76. The van der Waals surface area contributed by atoms with Crippen molar-refractivity contribution in [1.29, 1.82) is 0 Å². The Balaban J connectivity index is 0.000000298. The fourth-order valence-electron chi connectivity index (χ4n) is 3.33. The van der Waals surface area contributed by atoms with Crippen molar-refractivity contribution >= 4 is 11.8 Å². The Kier molecular flexibility index (Phi) is 6.76. The Morgan fingerprint density at radius 2 is 1.96 bits per heavy atom. The van der Waals surface area contributed by atoms with Crippen molar-refractivity contribution in [1.82, 2.24) is 14.9 Å². The molecule has 1 spiro atoms. The van der Waals surface area contributed by atoms with Crippen molar-refractivity contribution in [2.45, 2.75) is 31.5 Å². The minimum absolute atomic E-state index is 0.256. The van der Waals surface area contributed by atoms with Crippen LogP contribution >= 0.6 is 0 Å². The Hall–Kier alpha value is -1.94. The number of rotatable bonds is 2. The highest BCUT2D eigenvalue weighted by Crippen LogP contribution is 2.32. The van der Waals surface area contributed by atoms with Crippen molar-refractivity contribution in [2.24, 2.45) is 0 Å². The van der Waals surface area contributed by atoms with Crippen LogP contribution in [0.5, 0.6) is 0 Å². The highest BCUT2D eigenvalue weighted by Gasteiger charge is 2.41. The Morgan fingerprint density at radius 3 is 2.46 bits per heavy atom.